The van der Waals surface area contributed by atoms with Gasteiger partial charge in [0.2, 0.25) is 6.79 Å². The highest BCUT2D eigenvalue weighted by Crippen LogP contribution is 2.33. The fourth-order valence-corrected chi connectivity index (χ4v) is 2.38. The standard InChI is InChI=1S/C12H13N5O2/c1-2-10-11(19-7-18-10)5-9(1)17-15-12(14-16-17)8-3-4-13-6-8/h1-2,5,8,13H,3-4,6-7H2. The smallest absolute Gasteiger partial charge is 0.231 e. The van der Waals surface area contributed by atoms with Crippen molar-refractivity contribution in [1.29, 1.82) is 0 Å². The molecular weight excluding hydrogens is 246 g/mol. The summed E-state index contributed by atoms with van der Waals surface area (Å²) in [7, 11) is 0. The lowest BCUT2D eigenvalue weighted by Crippen LogP contribution is -2.09. The maximum Gasteiger partial charge on any atom is 0.231 e. The lowest BCUT2D eigenvalue weighted by atomic mass is 10.1. The Hall–Kier alpha value is -2.15. The van der Waals surface area contributed by atoms with Crippen molar-refractivity contribution in [3.05, 3.63) is 24.0 Å². The number of fused-ring (bicyclic) bond motifs is 1. The van der Waals surface area contributed by atoms with Gasteiger partial charge in [0.1, 0.15) is 0 Å². The number of aromatic nitrogens is 4. The molecule has 0 bridgehead atoms. The summed E-state index contributed by atoms with van der Waals surface area (Å²) in [6, 6.07) is 5.62. The van der Waals surface area contributed by atoms with Gasteiger partial charge in [0.05, 0.1) is 5.69 Å². The van der Waals surface area contributed by atoms with Gasteiger partial charge in [-0.25, -0.2) is 0 Å². The minimum atomic E-state index is 0.266. The quantitative estimate of drug-likeness (QED) is 0.845. The molecule has 7 heteroatoms. The van der Waals surface area contributed by atoms with Crippen LogP contribution in [0.1, 0.15) is 18.2 Å². The summed E-state index contributed by atoms with van der Waals surface area (Å²) in [6.45, 7) is 2.21. The molecule has 1 aromatic heterocycles. The molecule has 1 atom stereocenters. The Morgan fingerprint density at radius 1 is 1.26 bits per heavy atom. The lowest BCUT2D eigenvalue weighted by Gasteiger charge is -2.01. The first-order valence-electron chi connectivity index (χ1n) is 6.31. The second-order valence-electron chi connectivity index (χ2n) is 4.66. The molecule has 1 unspecified atom stereocenters. The van der Waals surface area contributed by atoms with Gasteiger partial charge in [-0.1, -0.05) is 0 Å². The van der Waals surface area contributed by atoms with E-state index >= 15 is 0 Å². The number of benzene rings is 1. The average molecular weight is 259 g/mol. The van der Waals surface area contributed by atoms with Gasteiger partial charge in [-0.05, 0) is 30.3 Å². The molecule has 0 radical (unpaired) electrons. The number of nitrogens with zero attached hydrogens (tertiary/aromatic N) is 4. The van der Waals surface area contributed by atoms with E-state index < -0.39 is 0 Å². The molecule has 19 heavy (non-hydrogen) atoms. The molecule has 4 rings (SSSR count). The number of hydrogen-bond acceptors (Lipinski definition) is 6. The molecule has 2 aliphatic heterocycles. The molecule has 1 aromatic carbocycles. The van der Waals surface area contributed by atoms with Crippen molar-refractivity contribution in [2.45, 2.75) is 12.3 Å². The Morgan fingerprint density at radius 3 is 3.11 bits per heavy atom. The highest BCUT2D eigenvalue weighted by atomic mass is 16.7. The summed E-state index contributed by atoms with van der Waals surface area (Å²) in [5.74, 6) is 2.63. The van der Waals surface area contributed by atoms with Crippen LogP contribution in [0.2, 0.25) is 0 Å². The largest absolute Gasteiger partial charge is 0.454 e. The Bertz CT molecular complexity index is 606. The van der Waals surface area contributed by atoms with Crippen LogP contribution in [0.3, 0.4) is 0 Å². The van der Waals surface area contributed by atoms with Crippen LogP contribution < -0.4 is 14.8 Å². The maximum atomic E-state index is 5.35. The molecule has 1 fully saturated rings. The summed E-state index contributed by atoms with van der Waals surface area (Å²) in [6.07, 6.45) is 1.06. The molecule has 98 valence electrons. The van der Waals surface area contributed by atoms with Gasteiger partial charge in [0.15, 0.2) is 17.3 Å². The van der Waals surface area contributed by atoms with Gasteiger partial charge in [-0.15, -0.1) is 15.0 Å². The van der Waals surface area contributed by atoms with E-state index in [0.717, 1.165) is 42.5 Å². The molecule has 3 heterocycles. The zero-order valence-electron chi connectivity index (χ0n) is 10.2. The van der Waals surface area contributed by atoms with Crippen molar-refractivity contribution >= 4 is 0 Å². The lowest BCUT2D eigenvalue weighted by molar-refractivity contribution is 0.174. The number of ether oxygens (including phenoxy) is 2. The van der Waals surface area contributed by atoms with E-state index in [9.17, 15) is 0 Å². The van der Waals surface area contributed by atoms with Crippen LogP contribution in [0.5, 0.6) is 11.5 Å². The summed E-state index contributed by atoms with van der Waals surface area (Å²) >= 11 is 0. The monoisotopic (exact) mass is 259 g/mol. The fraction of sp³-hybridized carbons (Fsp3) is 0.417. The zero-order valence-corrected chi connectivity index (χ0v) is 10.2. The minimum Gasteiger partial charge on any atom is -0.454 e. The second kappa shape index (κ2) is 4.20. The Balaban J connectivity index is 1.65. The number of hydrogen-bond donors (Lipinski definition) is 1. The first kappa shape index (κ1) is 10.7. The molecule has 1 N–H and O–H groups in total. The molecule has 7 nitrogen and oxygen atoms in total. The van der Waals surface area contributed by atoms with E-state index in [1.807, 2.05) is 18.2 Å². The van der Waals surface area contributed by atoms with E-state index in [0.29, 0.717) is 5.92 Å². The molecule has 2 aliphatic rings. The third-order valence-corrected chi connectivity index (χ3v) is 3.44. The Morgan fingerprint density at radius 2 is 2.21 bits per heavy atom. The number of nitrogens with one attached hydrogen (secondary N) is 1. The highest BCUT2D eigenvalue weighted by Gasteiger charge is 2.22. The van der Waals surface area contributed by atoms with Gasteiger partial charge in [0, 0.05) is 18.5 Å². The van der Waals surface area contributed by atoms with E-state index in [4.69, 9.17) is 9.47 Å². The van der Waals surface area contributed by atoms with Gasteiger partial charge in [-0.3, -0.25) is 0 Å². The van der Waals surface area contributed by atoms with Gasteiger partial charge in [-0.2, -0.15) is 0 Å². The third-order valence-electron chi connectivity index (χ3n) is 3.44. The first-order chi connectivity index (χ1) is 9.40. The van der Waals surface area contributed by atoms with Crippen molar-refractivity contribution in [1.82, 2.24) is 25.5 Å². The number of tetrazole rings is 1. The van der Waals surface area contributed by atoms with Crippen LogP contribution in [-0.2, 0) is 0 Å². The maximum absolute atomic E-state index is 5.35. The predicted molar refractivity (Wildman–Crippen MR) is 65.5 cm³/mol. The summed E-state index contributed by atoms with van der Waals surface area (Å²) in [5, 5.41) is 16.0. The molecule has 0 aliphatic carbocycles. The minimum absolute atomic E-state index is 0.266. The van der Waals surface area contributed by atoms with Crippen molar-refractivity contribution in [3.63, 3.8) is 0 Å². The highest BCUT2D eigenvalue weighted by molar-refractivity contribution is 5.49. The van der Waals surface area contributed by atoms with Crippen molar-refractivity contribution in [3.8, 4) is 17.2 Å². The Kier molecular flexibility index (Phi) is 2.37. The molecular formula is C12H13N5O2. The zero-order chi connectivity index (χ0) is 12.7. The average Bonchev–Trinajstić information content (AvgIpc) is 3.18. The van der Waals surface area contributed by atoms with Crippen LogP contribution >= 0.6 is 0 Å². The fourth-order valence-electron chi connectivity index (χ4n) is 2.38. The Labute approximate surface area is 109 Å². The molecule has 0 amide bonds. The van der Waals surface area contributed by atoms with Crippen LogP contribution in [-0.4, -0.2) is 40.1 Å². The van der Waals surface area contributed by atoms with Crippen LogP contribution in [0.25, 0.3) is 5.69 Å². The van der Waals surface area contributed by atoms with E-state index in [1.54, 1.807) is 0 Å². The van der Waals surface area contributed by atoms with Crippen molar-refractivity contribution < 1.29 is 9.47 Å². The van der Waals surface area contributed by atoms with E-state index in [2.05, 4.69) is 20.7 Å². The normalized spacial score (nSPS) is 20.9. The van der Waals surface area contributed by atoms with Crippen molar-refractivity contribution in [2.75, 3.05) is 19.9 Å². The summed E-state index contributed by atoms with van der Waals surface area (Å²) in [5.41, 5.74) is 0.828. The topological polar surface area (TPSA) is 74.1 Å². The molecule has 0 spiro atoms. The summed E-state index contributed by atoms with van der Waals surface area (Å²) in [4.78, 5) is 1.54. The number of rotatable bonds is 2. The van der Waals surface area contributed by atoms with E-state index in [-0.39, 0.29) is 6.79 Å². The van der Waals surface area contributed by atoms with Crippen LogP contribution in [0, 0.1) is 0 Å². The SMILES string of the molecule is c1cc2c(cc1-n1nnc(C3CCNC3)n1)OCO2. The van der Waals surface area contributed by atoms with Crippen molar-refractivity contribution in [2.24, 2.45) is 0 Å². The third kappa shape index (κ3) is 1.82. The summed E-state index contributed by atoms with van der Waals surface area (Å²) < 4.78 is 10.6. The van der Waals surface area contributed by atoms with E-state index in [1.165, 1.54) is 4.80 Å². The molecule has 1 saturated heterocycles. The van der Waals surface area contributed by atoms with Crippen LogP contribution in [0.15, 0.2) is 18.2 Å². The first-order valence-corrected chi connectivity index (χ1v) is 6.31. The van der Waals surface area contributed by atoms with Gasteiger partial charge in [0.25, 0.3) is 0 Å². The van der Waals surface area contributed by atoms with Crippen LogP contribution in [0.4, 0.5) is 0 Å². The van der Waals surface area contributed by atoms with Gasteiger partial charge < -0.3 is 14.8 Å². The van der Waals surface area contributed by atoms with Gasteiger partial charge >= 0.3 is 0 Å². The second-order valence-corrected chi connectivity index (χ2v) is 4.66. The predicted octanol–water partition coefficient (Wildman–Crippen LogP) is 0.468. The molecule has 0 saturated carbocycles. The molecule has 2 aromatic rings.